The number of nitrogens with one attached hydrogen (secondary N) is 3. The Labute approximate surface area is 228 Å². The molecular weight excluding hydrogens is 508 g/mol. The number of aromatic nitrogens is 7. The third-order valence-electron chi connectivity index (χ3n) is 7.35. The number of rotatable bonds is 5. The lowest BCUT2D eigenvalue weighted by molar-refractivity contribution is -0.120. The monoisotopic (exact) mass is 534 g/mol. The Kier molecular flexibility index (Phi) is 5.89. The minimum atomic E-state index is 0.0747. The molecule has 6 aromatic rings. The van der Waals surface area contributed by atoms with Crippen LogP contribution in [0.3, 0.4) is 0 Å². The molecule has 7 rings (SSSR count). The van der Waals surface area contributed by atoms with Gasteiger partial charge in [0.05, 0.1) is 41.0 Å². The van der Waals surface area contributed by atoms with Gasteiger partial charge in [0.15, 0.2) is 5.82 Å². The lowest BCUT2D eigenvalue weighted by Crippen LogP contribution is -2.24. The number of fused-ring (bicyclic) bond motifs is 2. The van der Waals surface area contributed by atoms with Crippen LogP contribution in [0.25, 0.3) is 55.2 Å². The molecule has 6 heterocycles. The zero-order chi connectivity index (χ0) is 26.3. The van der Waals surface area contributed by atoms with Gasteiger partial charge < -0.3 is 10.3 Å². The molecular formula is C29H26N8OS. The maximum absolute atomic E-state index is 12.8. The maximum atomic E-state index is 12.8. The molecule has 1 aliphatic carbocycles. The minimum absolute atomic E-state index is 0.0747. The summed E-state index contributed by atoms with van der Waals surface area (Å²) in [5.74, 6) is 0.807. The fourth-order valence-electron chi connectivity index (χ4n) is 5.32. The van der Waals surface area contributed by atoms with E-state index in [9.17, 15) is 4.79 Å². The number of anilines is 1. The first-order valence-corrected chi connectivity index (χ1v) is 14.0. The maximum Gasteiger partial charge on any atom is 0.227 e. The van der Waals surface area contributed by atoms with E-state index >= 15 is 0 Å². The molecule has 0 aromatic carbocycles. The van der Waals surface area contributed by atoms with Crippen LogP contribution >= 0.6 is 11.3 Å². The fraction of sp³-hybridized carbons (Fsp3) is 0.241. The van der Waals surface area contributed by atoms with Crippen LogP contribution in [-0.2, 0) is 4.79 Å². The summed E-state index contributed by atoms with van der Waals surface area (Å²) in [6, 6.07) is 8.11. The predicted molar refractivity (Wildman–Crippen MR) is 153 cm³/mol. The van der Waals surface area contributed by atoms with Gasteiger partial charge in [0.2, 0.25) is 5.91 Å². The van der Waals surface area contributed by atoms with Crippen molar-refractivity contribution in [3.8, 4) is 33.2 Å². The molecule has 1 aliphatic rings. The lowest BCUT2D eigenvalue weighted by Gasteiger charge is -2.20. The molecule has 0 aliphatic heterocycles. The van der Waals surface area contributed by atoms with Gasteiger partial charge in [-0.25, -0.2) is 4.98 Å². The van der Waals surface area contributed by atoms with Gasteiger partial charge in [-0.2, -0.15) is 5.10 Å². The molecule has 0 atom stereocenters. The average molecular weight is 535 g/mol. The molecule has 0 bridgehead atoms. The van der Waals surface area contributed by atoms with Gasteiger partial charge in [0.25, 0.3) is 0 Å². The van der Waals surface area contributed by atoms with Crippen LogP contribution in [0.4, 0.5) is 5.69 Å². The van der Waals surface area contributed by atoms with Crippen LogP contribution in [0.1, 0.15) is 37.0 Å². The van der Waals surface area contributed by atoms with E-state index < -0.39 is 0 Å². The van der Waals surface area contributed by atoms with Crippen molar-refractivity contribution in [2.24, 2.45) is 5.92 Å². The highest BCUT2D eigenvalue weighted by Gasteiger charge is 2.21. The van der Waals surface area contributed by atoms with Gasteiger partial charge in [0, 0.05) is 44.6 Å². The van der Waals surface area contributed by atoms with E-state index in [0.717, 1.165) is 69.3 Å². The second-order valence-corrected chi connectivity index (χ2v) is 11.3. The molecule has 10 heteroatoms. The number of imidazole rings is 1. The smallest absolute Gasteiger partial charge is 0.227 e. The summed E-state index contributed by atoms with van der Waals surface area (Å²) in [5.41, 5.74) is 6.44. The number of carbonyl (C=O) groups excluding carboxylic acids is 1. The summed E-state index contributed by atoms with van der Waals surface area (Å²) in [6.45, 7) is 2.09. The van der Waals surface area contributed by atoms with Crippen molar-refractivity contribution < 1.29 is 4.79 Å². The van der Waals surface area contributed by atoms with E-state index in [-0.39, 0.29) is 11.8 Å². The minimum Gasteiger partial charge on any atom is -0.335 e. The van der Waals surface area contributed by atoms with Crippen molar-refractivity contribution in [1.29, 1.82) is 0 Å². The average Bonchev–Trinajstić information content (AvgIpc) is 3.71. The van der Waals surface area contributed by atoms with E-state index in [1.807, 2.05) is 18.3 Å². The van der Waals surface area contributed by atoms with Crippen molar-refractivity contribution in [3.05, 3.63) is 60.1 Å². The zero-order valence-electron chi connectivity index (χ0n) is 21.4. The normalized spacial score (nSPS) is 14.3. The third-order valence-corrected chi connectivity index (χ3v) is 8.38. The Balaban J connectivity index is 1.22. The second kappa shape index (κ2) is 9.70. The SMILES string of the molecule is Cc1ccc(-c2cncc3[nH]c(-c4n[nH]c5cnc(-c6cncc(NC(=O)C7CCCCC7)c6)cc45)nc23)s1. The number of hydrogen-bond acceptors (Lipinski definition) is 7. The van der Waals surface area contributed by atoms with Crippen LogP contribution in [0, 0.1) is 12.8 Å². The molecule has 1 fully saturated rings. The number of aromatic amines is 2. The van der Waals surface area contributed by atoms with E-state index in [1.165, 1.54) is 11.3 Å². The molecule has 0 radical (unpaired) electrons. The molecule has 0 spiro atoms. The number of aryl methyl sites for hydroxylation is 1. The first-order chi connectivity index (χ1) is 19.1. The van der Waals surface area contributed by atoms with Crippen LogP contribution in [-0.4, -0.2) is 41.0 Å². The van der Waals surface area contributed by atoms with Gasteiger partial charge >= 0.3 is 0 Å². The molecule has 0 saturated heterocycles. The number of pyridine rings is 3. The Bertz CT molecular complexity index is 1830. The first kappa shape index (κ1) is 23.7. The summed E-state index contributed by atoms with van der Waals surface area (Å²) in [5, 5.41) is 11.6. The number of carbonyl (C=O) groups is 1. The number of hydrogen-bond donors (Lipinski definition) is 3. The Morgan fingerprint density at radius 3 is 2.72 bits per heavy atom. The summed E-state index contributed by atoms with van der Waals surface area (Å²) < 4.78 is 0. The molecule has 9 nitrogen and oxygen atoms in total. The lowest BCUT2D eigenvalue weighted by atomic mass is 9.88. The van der Waals surface area contributed by atoms with Crippen molar-refractivity contribution in [3.63, 3.8) is 0 Å². The predicted octanol–water partition coefficient (Wildman–Crippen LogP) is 6.51. The summed E-state index contributed by atoms with van der Waals surface area (Å²) >= 11 is 1.72. The largest absolute Gasteiger partial charge is 0.335 e. The third kappa shape index (κ3) is 4.46. The number of nitrogens with zero attached hydrogens (tertiary/aromatic N) is 5. The van der Waals surface area contributed by atoms with Gasteiger partial charge in [-0.15, -0.1) is 11.3 Å². The van der Waals surface area contributed by atoms with Gasteiger partial charge in [-0.3, -0.25) is 24.8 Å². The molecule has 6 aromatic heterocycles. The van der Waals surface area contributed by atoms with E-state index in [1.54, 1.807) is 36.1 Å². The second-order valence-electron chi connectivity index (χ2n) is 10.1. The van der Waals surface area contributed by atoms with Crippen molar-refractivity contribution in [2.75, 3.05) is 5.32 Å². The number of amides is 1. The van der Waals surface area contributed by atoms with Crippen LogP contribution in [0.5, 0.6) is 0 Å². The highest BCUT2D eigenvalue weighted by Crippen LogP contribution is 2.35. The van der Waals surface area contributed by atoms with Gasteiger partial charge in [0.1, 0.15) is 11.2 Å². The van der Waals surface area contributed by atoms with E-state index in [4.69, 9.17) is 4.98 Å². The molecule has 1 saturated carbocycles. The molecule has 3 N–H and O–H groups in total. The number of H-pyrrole nitrogens is 2. The van der Waals surface area contributed by atoms with E-state index in [0.29, 0.717) is 17.2 Å². The van der Waals surface area contributed by atoms with Crippen LogP contribution in [0.15, 0.2) is 55.2 Å². The Morgan fingerprint density at radius 2 is 1.87 bits per heavy atom. The summed E-state index contributed by atoms with van der Waals surface area (Å²) in [6.07, 6.45) is 14.2. The molecule has 39 heavy (non-hydrogen) atoms. The first-order valence-electron chi connectivity index (χ1n) is 13.1. The van der Waals surface area contributed by atoms with Crippen molar-refractivity contribution >= 4 is 44.9 Å². The molecule has 0 unspecified atom stereocenters. The Morgan fingerprint density at radius 1 is 1.00 bits per heavy atom. The van der Waals surface area contributed by atoms with Crippen molar-refractivity contribution in [2.45, 2.75) is 39.0 Å². The van der Waals surface area contributed by atoms with E-state index in [2.05, 4.69) is 54.5 Å². The highest BCUT2D eigenvalue weighted by molar-refractivity contribution is 7.15. The topological polar surface area (TPSA) is 125 Å². The summed E-state index contributed by atoms with van der Waals surface area (Å²) in [4.78, 5) is 36.9. The standard InChI is InChI=1S/C29H26N8OS/c1-16-7-8-25(39-16)21-13-31-14-24-26(21)35-28(34-24)27-20-10-22(32-15-23(20)36-37-27)18-9-19(12-30-11-18)33-29(38)17-5-3-2-4-6-17/h7-15,17H,2-6H2,1H3,(H,33,38)(H,34,35)(H,36,37). The van der Waals surface area contributed by atoms with Crippen molar-refractivity contribution in [1.82, 2.24) is 35.1 Å². The van der Waals surface area contributed by atoms with Crippen LogP contribution < -0.4 is 5.32 Å². The highest BCUT2D eigenvalue weighted by atomic mass is 32.1. The zero-order valence-corrected chi connectivity index (χ0v) is 22.2. The Hall–Kier alpha value is -4.44. The quantitative estimate of drug-likeness (QED) is 0.231. The van der Waals surface area contributed by atoms with Crippen LogP contribution in [0.2, 0.25) is 0 Å². The van der Waals surface area contributed by atoms with Gasteiger partial charge in [-0.05, 0) is 44.0 Å². The summed E-state index contributed by atoms with van der Waals surface area (Å²) in [7, 11) is 0. The molecule has 194 valence electrons. The number of thiophene rings is 1. The fourth-order valence-corrected chi connectivity index (χ4v) is 6.20. The molecule has 1 amide bonds. The van der Waals surface area contributed by atoms with Gasteiger partial charge in [-0.1, -0.05) is 19.3 Å².